The highest BCUT2D eigenvalue weighted by Gasteiger charge is 2.34. The summed E-state index contributed by atoms with van der Waals surface area (Å²) < 4.78 is 5.96. The molecule has 0 aromatic carbocycles. The van der Waals surface area contributed by atoms with Crippen LogP contribution in [0.4, 0.5) is 0 Å². The van der Waals surface area contributed by atoms with Crippen LogP contribution in [0.1, 0.15) is 35.3 Å². The van der Waals surface area contributed by atoms with Gasteiger partial charge < -0.3 is 14.7 Å². The standard InChI is InChI=1S/C20H25N5O4/c26-19(25-9-5-17(13-25)29-16-3-6-21-7-4-16)14-2-1-8-24(11-14)12-15-10-22-23-18(15)20(27)28/h3-4,6-7,10,14,17H,1-2,5,8-9,11-13H2,(H,22,23)(H,27,28)/t14-,17-/m1/s1. The number of carboxylic acid groups (broad SMARTS) is 1. The van der Waals surface area contributed by atoms with Crippen molar-refractivity contribution >= 4 is 11.9 Å². The average molecular weight is 399 g/mol. The van der Waals surface area contributed by atoms with Crippen molar-refractivity contribution in [1.29, 1.82) is 0 Å². The monoisotopic (exact) mass is 399 g/mol. The first-order valence-corrected chi connectivity index (χ1v) is 9.93. The van der Waals surface area contributed by atoms with Crippen LogP contribution in [-0.4, -0.2) is 74.2 Å². The molecule has 0 aliphatic carbocycles. The van der Waals surface area contributed by atoms with E-state index in [1.54, 1.807) is 18.6 Å². The number of aromatic amines is 1. The second-order valence-corrected chi connectivity index (χ2v) is 7.65. The molecule has 0 spiro atoms. The normalized spacial score (nSPS) is 22.6. The van der Waals surface area contributed by atoms with Gasteiger partial charge in [-0.1, -0.05) is 0 Å². The Labute approximate surface area is 168 Å². The molecule has 2 aromatic rings. The summed E-state index contributed by atoms with van der Waals surface area (Å²) in [5.41, 5.74) is 0.770. The fraction of sp³-hybridized carbons (Fsp3) is 0.500. The number of aromatic nitrogens is 3. The van der Waals surface area contributed by atoms with E-state index in [-0.39, 0.29) is 23.6 Å². The van der Waals surface area contributed by atoms with Crippen LogP contribution in [-0.2, 0) is 11.3 Å². The number of carbonyl (C=O) groups is 2. The van der Waals surface area contributed by atoms with Gasteiger partial charge in [-0.25, -0.2) is 4.79 Å². The molecular formula is C20H25N5O4. The lowest BCUT2D eigenvalue weighted by atomic mass is 9.96. The number of amides is 1. The molecule has 2 aliphatic heterocycles. The number of likely N-dealkylation sites (tertiary alicyclic amines) is 2. The molecule has 0 unspecified atom stereocenters. The topological polar surface area (TPSA) is 112 Å². The largest absolute Gasteiger partial charge is 0.488 e. The van der Waals surface area contributed by atoms with Crippen LogP contribution in [0, 0.1) is 5.92 Å². The van der Waals surface area contributed by atoms with Crippen molar-refractivity contribution in [2.24, 2.45) is 5.92 Å². The molecule has 2 saturated heterocycles. The van der Waals surface area contributed by atoms with E-state index in [0.717, 1.165) is 31.6 Å². The van der Waals surface area contributed by atoms with Crippen molar-refractivity contribution in [2.45, 2.75) is 31.9 Å². The first-order chi connectivity index (χ1) is 14.1. The number of ether oxygens (including phenoxy) is 1. The van der Waals surface area contributed by atoms with Gasteiger partial charge in [0.1, 0.15) is 17.5 Å². The summed E-state index contributed by atoms with van der Waals surface area (Å²) in [6, 6.07) is 3.65. The zero-order valence-corrected chi connectivity index (χ0v) is 16.2. The number of hydrogen-bond donors (Lipinski definition) is 2. The molecule has 2 fully saturated rings. The molecule has 29 heavy (non-hydrogen) atoms. The first-order valence-electron chi connectivity index (χ1n) is 9.93. The summed E-state index contributed by atoms with van der Waals surface area (Å²) in [4.78, 5) is 32.3. The Morgan fingerprint density at radius 3 is 2.83 bits per heavy atom. The Balaban J connectivity index is 1.32. The molecule has 2 atom stereocenters. The third-order valence-electron chi connectivity index (χ3n) is 5.59. The molecule has 0 bridgehead atoms. The number of piperidine rings is 1. The van der Waals surface area contributed by atoms with E-state index in [9.17, 15) is 14.7 Å². The number of pyridine rings is 1. The highest BCUT2D eigenvalue weighted by molar-refractivity contribution is 5.86. The zero-order chi connectivity index (χ0) is 20.2. The van der Waals surface area contributed by atoms with Gasteiger partial charge in [0.05, 0.1) is 18.7 Å². The minimum Gasteiger partial charge on any atom is -0.488 e. The van der Waals surface area contributed by atoms with Gasteiger partial charge in [-0.15, -0.1) is 0 Å². The Hall–Kier alpha value is -2.94. The van der Waals surface area contributed by atoms with E-state index < -0.39 is 5.97 Å². The summed E-state index contributed by atoms with van der Waals surface area (Å²) >= 11 is 0. The molecule has 4 rings (SSSR count). The number of nitrogens with zero attached hydrogens (tertiary/aromatic N) is 4. The molecule has 0 saturated carbocycles. The molecule has 0 radical (unpaired) electrons. The number of carbonyl (C=O) groups excluding carboxylic acids is 1. The Morgan fingerprint density at radius 1 is 1.21 bits per heavy atom. The van der Waals surface area contributed by atoms with Gasteiger partial charge in [-0.3, -0.25) is 19.8 Å². The first kappa shape index (κ1) is 19.4. The lowest BCUT2D eigenvalue weighted by Gasteiger charge is -2.33. The molecule has 154 valence electrons. The van der Waals surface area contributed by atoms with E-state index in [1.165, 1.54) is 0 Å². The number of nitrogens with one attached hydrogen (secondary N) is 1. The van der Waals surface area contributed by atoms with Crippen LogP contribution >= 0.6 is 0 Å². The Kier molecular flexibility index (Phi) is 5.75. The van der Waals surface area contributed by atoms with Crippen LogP contribution in [0.25, 0.3) is 0 Å². The van der Waals surface area contributed by atoms with Crippen molar-refractivity contribution in [3.05, 3.63) is 42.0 Å². The van der Waals surface area contributed by atoms with Crippen molar-refractivity contribution < 1.29 is 19.4 Å². The molecular weight excluding hydrogens is 374 g/mol. The average Bonchev–Trinajstić information content (AvgIpc) is 3.38. The maximum atomic E-state index is 13.0. The maximum absolute atomic E-state index is 13.0. The molecule has 4 heterocycles. The number of H-pyrrole nitrogens is 1. The van der Waals surface area contributed by atoms with E-state index in [2.05, 4.69) is 20.1 Å². The number of aromatic carboxylic acids is 1. The minimum absolute atomic E-state index is 0.00472. The number of rotatable bonds is 6. The Morgan fingerprint density at radius 2 is 2.03 bits per heavy atom. The highest BCUT2D eigenvalue weighted by Crippen LogP contribution is 2.24. The Bertz CT molecular complexity index is 856. The van der Waals surface area contributed by atoms with Gasteiger partial charge >= 0.3 is 5.97 Å². The summed E-state index contributed by atoms with van der Waals surface area (Å²) in [7, 11) is 0. The van der Waals surface area contributed by atoms with Crippen molar-refractivity contribution in [1.82, 2.24) is 25.0 Å². The molecule has 2 N–H and O–H groups in total. The van der Waals surface area contributed by atoms with Crippen molar-refractivity contribution in [3.8, 4) is 5.75 Å². The second-order valence-electron chi connectivity index (χ2n) is 7.65. The fourth-order valence-corrected chi connectivity index (χ4v) is 4.15. The van der Waals surface area contributed by atoms with Crippen LogP contribution in [0.2, 0.25) is 0 Å². The molecule has 9 heteroatoms. The SMILES string of the molecule is O=C(O)c1[nH]ncc1CN1CCC[C@@H](C(=O)N2CC[C@@H](Oc3ccncc3)C2)C1. The number of carboxylic acids is 1. The van der Waals surface area contributed by atoms with Gasteiger partial charge in [0, 0.05) is 44.0 Å². The van der Waals surface area contributed by atoms with Crippen molar-refractivity contribution in [3.63, 3.8) is 0 Å². The van der Waals surface area contributed by atoms with Crippen LogP contribution in [0.5, 0.6) is 5.75 Å². The van der Waals surface area contributed by atoms with Crippen LogP contribution in [0.3, 0.4) is 0 Å². The smallest absolute Gasteiger partial charge is 0.354 e. The molecule has 2 aliphatic rings. The summed E-state index contributed by atoms with van der Waals surface area (Å²) in [6.07, 6.45) is 7.54. The highest BCUT2D eigenvalue weighted by atomic mass is 16.5. The lowest BCUT2D eigenvalue weighted by molar-refractivity contribution is -0.136. The van der Waals surface area contributed by atoms with E-state index >= 15 is 0 Å². The quantitative estimate of drug-likeness (QED) is 0.755. The maximum Gasteiger partial charge on any atom is 0.354 e. The minimum atomic E-state index is -1.01. The van der Waals surface area contributed by atoms with Gasteiger partial charge in [0.2, 0.25) is 5.91 Å². The lowest BCUT2D eigenvalue weighted by Crippen LogP contribution is -2.44. The van der Waals surface area contributed by atoms with Crippen LogP contribution in [0.15, 0.2) is 30.7 Å². The third-order valence-corrected chi connectivity index (χ3v) is 5.59. The zero-order valence-electron chi connectivity index (χ0n) is 16.2. The van der Waals surface area contributed by atoms with E-state index in [1.807, 2.05) is 17.0 Å². The van der Waals surface area contributed by atoms with Crippen LogP contribution < -0.4 is 4.74 Å². The summed E-state index contributed by atoms with van der Waals surface area (Å²) in [6.45, 7) is 3.27. The van der Waals surface area contributed by atoms with Crippen molar-refractivity contribution in [2.75, 3.05) is 26.2 Å². The predicted molar refractivity (Wildman–Crippen MR) is 103 cm³/mol. The summed E-state index contributed by atoms with van der Waals surface area (Å²) in [5, 5.41) is 15.6. The van der Waals surface area contributed by atoms with Gasteiger partial charge in [-0.05, 0) is 31.5 Å². The second kappa shape index (κ2) is 8.60. The van der Waals surface area contributed by atoms with Gasteiger partial charge in [0.25, 0.3) is 0 Å². The van der Waals surface area contributed by atoms with E-state index in [4.69, 9.17) is 4.74 Å². The molecule has 1 amide bonds. The van der Waals surface area contributed by atoms with Gasteiger partial charge in [-0.2, -0.15) is 5.10 Å². The number of hydrogen-bond acceptors (Lipinski definition) is 6. The van der Waals surface area contributed by atoms with Gasteiger partial charge in [0.15, 0.2) is 0 Å². The molecule has 2 aromatic heterocycles. The van der Waals surface area contributed by atoms with E-state index in [0.29, 0.717) is 31.7 Å². The third kappa shape index (κ3) is 4.56. The summed E-state index contributed by atoms with van der Waals surface area (Å²) in [5.74, 6) is -0.137. The molecule has 9 nitrogen and oxygen atoms in total. The predicted octanol–water partition coefficient (Wildman–Crippen LogP) is 1.39. The fourth-order valence-electron chi connectivity index (χ4n) is 4.15.